The van der Waals surface area contributed by atoms with Crippen molar-refractivity contribution >= 4 is 28.8 Å². The van der Waals surface area contributed by atoms with Gasteiger partial charge in [0.05, 0.1) is 16.8 Å². The van der Waals surface area contributed by atoms with Crippen LogP contribution in [-0.4, -0.2) is 36.3 Å². The Kier molecular flexibility index (Phi) is 5.83. The first-order valence-corrected chi connectivity index (χ1v) is 10.00. The van der Waals surface area contributed by atoms with E-state index >= 15 is 0 Å². The molecular formula is C19H23N5O3S. The van der Waals surface area contributed by atoms with Gasteiger partial charge in [-0.05, 0) is 39.3 Å². The minimum absolute atomic E-state index is 0.111. The van der Waals surface area contributed by atoms with Crippen molar-refractivity contribution in [1.82, 2.24) is 24.7 Å². The summed E-state index contributed by atoms with van der Waals surface area (Å²) < 4.78 is 6.80. The normalized spacial score (nSPS) is 11.7. The number of thioether (sulfide) groups is 1. The number of aromatic amines is 1. The van der Waals surface area contributed by atoms with Crippen LogP contribution in [0.4, 0.5) is 0 Å². The zero-order valence-corrected chi connectivity index (χ0v) is 17.2. The molecule has 28 heavy (non-hydrogen) atoms. The highest BCUT2D eigenvalue weighted by Crippen LogP contribution is 2.21. The van der Waals surface area contributed by atoms with Crippen molar-refractivity contribution in [1.29, 1.82) is 0 Å². The van der Waals surface area contributed by atoms with Crippen molar-refractivity contribution in [3.63, 3.8) is 0 Å². The average Bonchev–Trinajstić information content (AvgIpc) is 3.03. The molecule has 0 bridgehead atoms. The summed E-state index contributed by atoms with van der Waals surface area (Å²) in [6.45, 7) is 7.12. The Bertz CT molecular complexity index is 1020. The number of carbonyl (C=O) groups is 1. The Balaban J connectivity index is 1.82. The van der Waals surface area contributed by atoms with Crippen molar-refractivity contribution < 1.29 is 9.53 Å². The number of hydrogen-bond acceptors (Lipinski definition) is 7. The second kappa shape index (κ2) is 8.14. The van der Waals surface area contributed by atoms with Crippen molar-refractivity contribution in [3.05, 3.63) is 46.1 Å². The summed E-state index contributed by atoms with van der Waals surface area (Å²) in [6, 6.07) is 7.73. The van der Waals surface area contributed by atoms with E-state index in [4.69, 9.17) is 4.74 Å². The minimum atomic E-state index is -0.598. The van der Waals surface area contributed by atoms with E-state index in [9.17, 15) is 9.59 Å². The average molecular weight is 401 g/mol. The van der Waals surface area contributed by atoms with E-state index in [1.165, 1.54) is 16.4 Å². The number of imidazole rings is 1. The number of carbonyl (C=O) groups excluding carboxylic acids is 1. The third-order valence-corrected chi connectivity index (χ3v) is 4.69. The number of esters is 1. The topological polar surface area (TPSA) is 103 Å². The van der Waals surface area contributed by atoms with E-state index in [0.717, 1.165) is 16.9 Å². The number of fused-ring (bicyclic) bond motifs is 1. The Hall–Kier alpha value is -2.68. The lowest BCUT2D eigenvalue weighted by Crippen LogP contribution is -2.30. The summed E-state index contributed by atoms with van der Waals surface area (Å²) in [6.07, 6.45) is 0.439. The van der Waals surface area contributed by atoms with Crippen LogP contribution in [0.15, 0.2) is 34.2 Å². The number of para-hydroxylation sites is 2. The number of nitrogens with one attached hydrogen (secondary N) is 1. The van der Waals surface area contributed by atoms with Crippen LogP contribution in [-0.2, 0) is 28.2 Å². The molecule has 3 aromatic rings. The molecule has 0 radical (unpaired) electrons. The predicted octanol–water partition coefficient (Wildman–Crippen LogP) is 2.71. The van der Waals surface area contributed by atoms with Crippen LogP contribution in [0.1, 0.15) is 39.2 Å². The Labute approximate surface area is 166 Å². The summed E-state index contributed by atoms with van der Waals surface area (Å²) in [5, 5.41) is 4.66. The molecule has 0 saturated heterocycles. The van der Waals surface area contributed by atoms with Crippen LogP contribution >= 0.6 is 11.8 Å². The highest BCUT2D eigenvalue weighted by atomic mass is 32.2. The van der Waals surface area contributed by atoms with Crippen LogP contribution in [0.3, 0.4) is 0 Å². The molecule has 1 aromatic carbocycles. The maximum atomic E-state index is 12.2. The molecule has 2 aromatic heterocycles. The van der Waals surface area contributed by atoms with Crippen LogP contribution in [0.2, 0.25) is 0 Å². The molecule has 0 amide bonds. The van der Waals surface area contributed by atoms with E-state index in [1.54, 1.807) is 20.8 Å². The second-order valence-corrected chi connectivity index (χ2v) is 8.18. The lowest BCUT2D eigenvalue weighted by Gasteiger charge is -2.20. The Morgan fingerprint density at radius 3 is 2.68 bits per heavy atom. The van der Waals surface area contributed by atoms with Crippen LogP contribution < -0.4 is 5.56 Å². The molecule has 0 saturated carbocycles. The van der Waals surface area contributed by atoms with Crippen LogP contribution in [0.25, 0.3) is 11.0 Å². The molecule has 0 atom stereocenters. The van der Waals surface area contributed by atoms with E-state index in [-0.39, 0.29) is 12.1 Å². The van der Waals surface area contributed by atoms with Gasteiger partial charge in [0.2, 0.25) is 0 Å². The maximum Gasteiger partial charge on any atom is 0.328 e. The molecule has 2 heterocycles. The Morgan fingerprint density at radius 1 is 1.25 bits per heavy atom. The van der Waals surface area contributed by atoms with Crippen LogP contribution in [0.5, 0.6) is 0 Å². The van der Waals surface area contributed by atoms with Gasteiger partial charge in [-0.1, -0.05) is 30.8 Å². The SMILES string of the molecule is CCc1nn(CC(=O)OC(C)(C)C)c(SCc2nc3ccccc3[nH]2)nc1=O. The standard InChI is InChI=1S/C19H23N5O3S/c1-5-12-17(26)22-18(24(23-12)10-16(25)27-19(2,3)4)28-11-15-20-13-8-6-7-9-14(13)21-15/h6-9H,5,10-11H2,1-4H3,(H,20,21). The first-order valence-electron chi connectivity index (χ1n) is 9.01. The molecule has 0 aliphatic carbocycles. The number of hydrogen-bond donors (Lipinski definition) is 1. The molecule has 0 aliphatic rings. The van der Waals surface area contributed by atoms with Gasteiger partial charge >= 0.3 is 5.97 Å². The van der Waals surface area contributed by atoms with Crippen molar-refractivity contribution in [3.8, 4) is 0 Å². The fourth-order valence-corrected chi connectivity index (χ4v) is 3.38. The van der Waals surface area contributed by atoms with Gasteiger partial charge < -0.3 is 9.72 Å². The monoisotopic (exact) mass is 401 g/mol. The van der Waals surface area contributed by atoms with Gasteiger partial charge in [0, 0.05) is 0 Å². The number of aromatic nitrogens is 5. The van der Waals surface area contributed by atoms with Gasteiger partial charge in [0.25, 0.3) is 5.56 Å². The largest absolute Gasteiger partial charge is 0.459 e. The van der Waals surface area contributed by atoms with Gasteiger partial charge in [-0.15, -0.1) is 0 Å². The van der Waals surface area contributed by atoms with Gasteiger partial charge in [0.1, 0.15) is 23.7 Å². The number of aryl methyl sites for hydroxylation is 1. The molecule has 0 unspecified atom stereocenters. The Morgan fingerprint density at radius 2 is 2.00 bits per heavy atom. The summed E-state index contributed by atoms with van der Waals surface area (Å²) >= 11 is 1.30. The number of benzene rings is 1. The molecule has 0 fully saturated rings. The fourth-order valence-electron chi connectivity index (χ4n) is 2.58. The van der Waals surface area contributed by atoms with Crippen molar-refractivity contribution in [2.24, 2.45) is 0 Å². The zero-order chi connectivity index (χ0) is 20.3. The molecule has 0 aliphatic heterocycles. The lowest BCUT2D eigenvalue weighted by atomic mass is 10.2. The molecule has 1 N–H and O–H groups in total. The smallest absolute Gasteiger partial charge is 0.328 e. The van der Waals surface area contributed by atoms with Gasteiger partial charge in [0.15, 0.2) is 5.16 Å². The van der Waals surface area contributed by atoms with Crippen molar-refractivity contribution in [2.75, 3.05) is 0 Å². The van der Waals surface area contributed by atoms with Gasteiger partial charge in [-0.2, -0.15) is 10.1 Å². The summed E-state index contributed by atoms with van der Waals surface area (Å²) in [7, 11) is 0. The fraction of sp³-hybridized carbons (Fsp3) is 0.421. The van der Waals surface area contributed by atoms with Crippen molar-refractivity contribution in [2.45, 2.75) is 57.2 Å². The van der Waals surface area contributed by atoms with E-state index < -0.39 is 11.6 Å². The highest BCUT2D eigenvalue weighted by molar-refractivity contribution is 7.98. The number of H-pyrrole nitrogens is 1. The third-order valence-electron chi connectivity index (χ3n) is 3.72. The minimum Gasteiger partial charge on any atom is -0.459 e. The maximum absolute atomic E-state index is 12.2. The van der Waals surface area contributed by atoms with E-state index in [0.29, 0.717) is 23.0 Å². The molecular weight excluding hydrogens is 378 g/mol. The van der Waals surface area contributed by atoms with E-state index in [1.807, 2.05) is 31.2 Å². The number of ether oxygens (including phenoxy) is 1. The molecule has 3 rings (SSSR count). The first-order chi connectivity index (χ1) is 13.2. The lowest BCUT2D eigenvalue weighted by molar-refractivity contribution is -0.156. The number of nitrogens with zero attached hydrogens (tertiary/aromatic N) is 4. The highest BCUT2D eigenvalue weighted by Gasteiger charge is 2.19. The van der Waals surface area contributed by atoms with Gasteiger partial charge in [-0.3, -0.25) is 9.59 Å². The summed E-state index contributed by atoms with van der Waals surface area (Å²) in [4.78, 5) is 36.3. The zero-order valence-electron chi connectivity index (χ0n) is 16.4. The summed E-state index contributed by atoms with van der Waals surface area (Å²) in [5.74, 6) is 0.782. The molecule has 148 valence electrons. The molecule has 9 heteroatoms. The molecule has 8 nitrogen and oxygen atoms in total. The van der Waals surface area contributed by atoms with Crippen LogP contribution in [0, 0.1) is 0 Å². The quantitative estimate of drug-likeness (QED) is 0.500. The first kappa shape index (κ1) is 20.1. The van der Waals surface area contributed by atoms with E-state index in [2.05, 4.69) is 20.1 Å². The molecule has 0 spiro atoms. The third kappa shape index (κ3) is 4.98. The summed E-state index contributed by atoms with van der Waals surface area (Å²) in [5.41, 5.74) is 1.15. The second-order valence-electron chi connectivity index (χ2n) is 7.23. The van der Waals surface area contributed by atoms with Gasteiger partial charge in [-0.25, -0.2) is 9.67 Å². The number of rotatable bonds is 6. The predicted molar refractivity (Wildman–Crippen MR) is 107 cm³/mol.